The molecule has 2 unspecified atom stereocenters. The highest BCUT2D eigenvalue weighted by Gasteiger charge is 2.26. The molecule has 0 aliphatic carbocycles. The summed E-state index contributed by atoms with van der Waals surface area (Å²) in [6, 6.07) is 6.21. The van der Waals surface area contributed by atoms with Crippen molar-refractivity contribution >= 4 is 5.69 Å². The van der Waals surface area contributed by atoms with Gasteiger partial charge in [-0.25, -0.2) is 0 Å². The average molecular weight is 208 g/mol. The van der Waals surface area contributed by atoms with E-state index in [4.69, 9.17) is 0 Å². The number of aliphatic hydroxyl groups excluding tert-OH is 1. The third-order valence-corrected chi connectivity index (χ3v) is 2.63. The lowest BCUT2D eigenvalue weighted by Crippen LogP contribution is -2.20. The van der Waals surface area contributed by atoms with E-state index in [0.717, 1.165) is 12.1 Å². The van der Waals surface area contributed by atoms with Crippen LogP contribution >= 0.6 is 0 Å². The van der Waals surface area contributed by atoms with Crippen LogP contribution in [0.15, 0.2) is 24.3 Å². The molecular weight excluding hydrogens is 196 g/mol. The van der Waals surface area contributed by atoms with E-state index in [1.165, 1.54) is 12.1 Å². The molecule has 5 heteroatoms. The lowest BCUT2D eigenvalue weighted by atomic mass is 10.0. The second-order valence-corrected chi connectivity index (χ2v) is 3.64. The Morgan fingerprint density at radius 2 is 2.33 bits per heavy atom. The fourth-order valence-electron chi connectivity index (χ4n) is 1.86. The van der Waals surface area contributed by atoms with Crippen LogP contribution in [0.3, 0.4) is 0 Å². The summed E-state index contributed by atoms with van der Waals surface area (Å²) in [4.78, 5) is 10.1. The molecule has 0 aromatic heterocycles. The van der Waals surface area contributed by atoms with Crippen LogP contribution in [0.1, 0.15) is 18.0 Å². The van der Waals surface area contributed by atoms with Crippen molar-refractivity contribution in [3.05, 3.63) is 39.9 Å². The van der Waals surface area contributed by atoms with Gasteiger partial charge in [-0.2, -0.15) is 0 Å². The highest BCUT2D eigenvalue weighted by molar-refractivity contribution is 5.36. The van der Waals surface area contributed by atoms with Crippen LogP contribution in [0.2, 0.25) is 0 Å². The van der Waals surface area contributed by atoms with Crippen LogP contribution in [0, 0.1) is 10.1 Å². The van der Waals surface area contributed by atoms with E-state index in [1.54, 1.807) is 12.1 Å². The Balaban J connectivity index is 2.28. The number of hydrogen-bond donors (Lipinski definition) is 2. The zero-order valence-electron chi connectivity index (χ0n) is 8.09. The predicted octanol–water partition coefficient (Wildman–Crippen LogP) is 0.990. The Hall–Kier alpha value is -1.46. The highest BCUT2D eigenvalue weighted by atomic mass is 16.6. The molecule has 1 aromatic carbocycles. The van der Waals surface area contributed by atoms with Crippen molar-refractivity contribution in [1.82, 2.24) is 5.32 Å². The SMILES string of the molecule is O=[N+]([O-])c1cccc(C2NCCC2O)c1. The maximum Gasteiger partial charge on any atom is 0.269 e. The van der Waals surface area contributed by atoms with Gasteiger partial charge in [-0.3, -0.25) is 10.1 Å². The number of nitrogens with zero attached hydrogens (tertiary/aromatic N) is 1. The molecule has 1 aliphatic rings. The molecule has 2 rings (SSSR count). The zero-order valence-corrected chi connectivity index (χ0v) is 8.09. The summed E-state index contributed by atoms with van der Waals surface area (Å²) in [5.41, 5.74) is 0.836. The molecule has 1 aliphatic heterocycles. The summed E-state index contributed by atoms with van der Waals surface area (Å²) in [5, 5.41) is 23.3. The van der Waals surface area contributed by atoms with Crippen LogP contribution in [0.5, 0.6) is 0 Å². The second-order valence-electron chi connectivity index (χ2n) is 3.64. The van der Waals surface area contributed by atoms with Gasteiger partial charge in [0.25, 0.3) is 5.69 Å². The van der Waals surface area contributed by atoms with E-state index in [9.17, 15) is 15.2 Å². The number of nitro groups is 1. The summed E-state index contributed by atoms with van der Waals surface area (Å²) in [5.74, 6) is 0. The Kier molecular flexibility index (Phi) is 2.66. The standard InChI is InChI=1S/C10H12N2O3/c13-9-4-5-11-10(9)7-2-1-3-8(6-7)12(14)15/h1-3,6,9-11,13H,4-5H2. The Morgan fingerprint density at radius 1 is 1.53 bits per heavy atom. The number of benzene rings is 1. The second kappa shape index (κ2) is 3.96. The van der Waals surface area contributed by atoms with E-state index < -0.39 is 11.0 Å². The van der Waals surface area contributed by atoms with Gasteiger partial charge in [0, 0.05) is 12.1 Å². The van der Waals surface area contributed by atoms with Gasteiger partial charge in [0.05, 0.1) is 17.1 Å². The number of rotatable bonds is 2. The van der Waals surface area contributed by atoms with Gasteiger partial charge in [-0.1, -0.05) is 12.1 Å². The monoisotopic (exact) mass is 208 g/mol. The quantitative estimate of drug-likeness (QED) is 0.561. The smallest absolute Gasteiger partial charge is 0.269 e. The Labute approximate surface area is 86.9 Å². The largest absolute Gasteiger partial charge is 0.391 e. The summed E-state index contributed by atoms with van der Waals surface area (Å²) >= 11 is 0. The minimum absolute atomic E-state index is 0.0633. The molecule has 2 N–H and O–H groups in total. The molecule has 2 atom stereocenters. The first-order valence-corrected chi connectivity index (χ1v) is 4.84. The maximum absolute atomic E-state index is 10.6. The van der Waals surface area contributed by atoms with Crippen LogP contribution in [0.4, 0.5) is 5.69 Å². The van der Waals surface area contributed by atoms with Gasteiger partial charge in [-0.15, -0.1) is 0 Å². The first kappa shape index (κ1) is 10.1. The summed E-state index contributed by atoms with van der Waals surface area (Å²) in [6.07, 6.45) is 0.236. The Morgan fingerprint density at radius 3 is 2.93 bits per heavy atom. The lowest BCUT2D eigenvalue weighted by Gasteiger charge is -2.14. The molecule has 1 aromatic rings. The van der Waals surface area contributed by atoms with Crippen molar-refractivity contribution in [2.45, 2.75) is 18.6 Å². The lowest BCUT2D eigenvalue weighted by molar-refractivity contribution is -0.384. The van der Waals surface area contributed by atoms with Crippen LogP contribution in [0.25, 0.3) is 0 Å². The van der Waals surface area contributed by atoms with Crippen molar-refractivity contribution in [3.63, 3.8) is 0 Å². The number of non-ortho nitro benzene ring substituents is 1. The molecule has 0 spiro atoms. The van der Waals surface area contributed by atoms with Gasteiger partial charge in [-0.05, 0) is 18.5 Å². The predicted molar refractivity (Wildman–Crippen MR) is 54.5 cm³/mol. The number of hydrogen-bond acceptors (Lipinski definition) is 4. The number of nitro benzene ring substituents is 1. The number of nitrogens with one attached hydrogen (secondary N) is 1. The van der Waals surface area contributed by atoms with Crippen LogP contribution in [-0.2, 0) is 0 Å². The maximum atomic E-state index is 10.6. The van der Waals surface area contributed by atoms with Crippen LogP contribution in [-0.4, -0.2) is 22.7 Å². The molecule has 0 saturated carbocycles. The molecule has 1 fully saturated rings. The average Bonchev–Trinajstić information content (AvgIpc) is 2.64. The minimum atomic E-state index is -0.452. The van der Waals surface area contributed by atoms with Gasteiger partial charge >= 0.3 is 0 Å². The fourth-order valence-corrected chi connectivity index (χ4v) is 1.86. The van der Waals surface area contributed by atoms with Crippen molar-refractivity contribution in [2.24, 2.45) is 0 Å². The van der Waals surface area contributed by atoms with Gasteiger partial charge in [0.15, 0.2) is 0 Å². The molecule has 0 bridgehead atoms. The first-order valence-electron chi connectivity index (χ1n) is 4.84. The Bertz CT molecular complexity index is 381. The molecule has 15 heavy (non-hydrogen) atoms. The van der Waals surface area contributed by atoms with Gasteiger partial charge in [0.1, 0.15) is 0 Å². The first-order chi connectivity index (χ1) is 7.18. The topological polar surface area (TPSA) is 75.4 Å². The normalized spacial score (nSPS) is 25.4. The van der Waals surface area contributed by atoms with Crippen molar-refractivity contribution < 1.29 is 10.0 Å². The summed E-state index contributed by atoms with van der Waals surface area (Å²) < 4.78 is 0. The van der Waals surface area contributed by atoms with Crippen molar-refractivity contribution in [3.8, 4) is 0 Å². The van der Waals surface area contributed by atoms with E-state index >= 15 is 0 Å². The molecule has 0 amide bonds. The van der Waals surface area contributed by atoms with Crippen LogP contribution < -0.4 is 5.32 Å². The van der Waals surface area contributed by atoms with E-state index in [0.29, 0.717) is 6.42 Å². The highest BCUT2D eigenvalue weighted by Crippen LogP contribution is 2.26. The molecule has 1 saturated heterocycles. The molecule has 80 valence electrons. The third kappa shape index (κ3) is 1.98. The van der Waals surface area contributed by atoms with E-state index in [2.05, 4.69) is 5.32 Å². The summed E-state index contributed by atoms with van der Waals surface area (Å²) in [6.45, 7) is 0.745. The van der Waals surface area contributed by atoms with Gasteiger partial charge in [0.2, 0.25) is 0 Å². The van der Waals surface area contributed by atoms with Crippen molar-refractivity contribution in [2.75, 3.05) is 6.54 Å². The summed E-state index contributed by atoms with van der Waals surface area (Å²) in [7, 11) is 0. The minimum Gasteiger partial charge on any atom is -0.391 e. The number of aliphatic hydroxyl groups is 1. The molecule has 1 heterocycles. The van der Waals surface area contributed by atoms with E-state index in [1.807, 2.05) is 0 Å². The fraction of sp³-hybridized carbons (Fsp3) is 0.400. The van der Waals surface area contributed by atoms with E-state index in [-0.39, 0.29) is 11.7 Å². The molecule has 0 radical (unpaired) electrons. The van der Waals surface area contributed by atoms with Gasteiger partial charge < -0.3 is 10.4 Å². The third-order valence-electron chi connectivity index (χ3n) is 2.63. The molecular formula is C10H12N2O3. The molecule has 5 nitrogen and oxygen atoms in total. The zero-order chi connectivity index (χ0) is 10.8. The van der Waals surface area contributed by atoms with Crippen molar-refractivity contribution in [1.29, 1.82) is 0 Å².